The molecule has 1 unspecified atom stereocenters. The van der Waals surface area contributed by atoms with Crippen molar-refractivity contribution in [2.45, 2.75) is 25.9 Å². The van der Waals surface area contributed by atoms with Gasteiger partial charge in [-0.2, -0.15) is 4.98 Å². The maximum atomic E-state index is 11.3. The second-order valence-electron chi connectivity index (χ2n) is 7.50. The molecule has 1 heterocycles. The number of nitrogens with zero attached hydrogens (tertiary/aromatic N) is 3. The zero-order chi connectivity index (χ0) is 20.6. The van der Waals surface area contributed by atoms with Gasteiger partial charge in [0.05, 0.1) is 0 Å². The number of hydrogen-bond acceptors (Lipinski definition) is 6. The van der Waals surface area contributed by atoms with Gasteiger partial charge in [-0.3, -0.25) is 0 Å². The van der Waals surface area contributed by atoms with Crippen LogP contribution in [0.5, 0.6) is 0 Å². The molecule has 7 nitrogen and oxygen atoms in total. The lowest BCUT2D eigenvalue weighted by molar-refractivity contribution is 0.0322. The third-order valence-corrected chi connectivity index (χ3v) is 5.12. The first-order valence-electron chi connectivity index (χ1n) is 9.16. The smallest absolute Gasteiger partial charge is 0.405 e. The van der Waals surface area contributed by atoms with Crippen molar-refractivity contribution in [3.8, 4) is 0 Å². The Balaban J connectivity index is 1.70. The molecule has 148 valence electrons. The van der Waals surface area contributed by atoms with Crippen LogP contribution >= 0.6 is 11.6 Å². The average Bonchev–Trinajstić information content (AvgIpc) is 2.67. The number of hydrogen-bond donors (Lipinski definition) is 2. The highest BCUT2D eigenvalue weighted by molar-refractivity contribution is 6.28. The highest BCUT2D eigenvalue weighted by Gasteiger charge is 2.43. The van der Waals surface area contributed by atoms with Crippen LogP contribution in [-0.2, 0) is 4.74 Å². The highest BCUT2D eigenvalue weighted by Crippen LogP contribution is 2.53. The van der Waals surface area contributed by atoms with Crippen molar-refractivity contribution in [1.82, 2.24) is 15.0 Å². The number of benzene rings is 1. The van der Waals surface area contributed by atoms with Gasteiger partial charge in [-0.1, -0.05) is 42.5 Å². The summed E-state index contributed by atoms with van der Waals surface area (Å²) in [6, 6.07) is 10.1. The Morgan fingerprint density at radius 2 is 2.00 bits per heavy atom. The van der Waals surface area contributed by atoms with E-state index in [9.17, 15) is 4.79 Å². The fraction of sp³-hybridized carbons (Fsp3) is 0.238. The fourth-order valence-electron chi connectivity index (χ4n) is 3.84. The number of nitrogens with one attached hydrogen (secondary N) is 1. The average molecular weight is 410 g/mol. The summed E-state index contributed by atoms with van der Waals surface area (Å²) in [7, 11) is 0. The lowest BCUT2D eigenvalue weighted by atomic mass is 9.65. The summed E-state index contributed by atoms with van der Waals surface area (Å²) >= 11 is 5.89. The zero-order valence-corrected chi connectivity index (χ0v) is 16.8. The SMILES string of the molecule is CC(C)(CC1c2ccc(-c3ccccc3)c1c2Nc1ncnc(Cl)n1)OC(N)=O. The standard InChI is InChI=1S/C21H20ClN5O2/c1-21(2,29-19(23)28)10-15-14-9-8-13(12-6-4-3-5-7-12)16(15)17(14)26-20-25-11-24-18(22)27-20/h3-9,11,15H,10H2,1-2H3,(H2,23,28)(H,24,25,26,27). The molecule has 0 aliphatic heterocycles. The summed E-state index contributed by atoms with van der Waals surface area (Å²) in [6.07, 6.45) is 5.36. The van der Waals surface area contributed by atoms with E-state index in [1.165, 1.54) is 6.33 Å². The van der Waals surface area contributed by atoms with Gasteiger partial charge in [-0.05, 0) is 54.2 Å². The van der Waals surface area contributed by atoms with Crippen LogP contribution in [0.15, 0.2) is 65.7 Å². The minimum absolute atomic E-state index is 0.0874. The van der Waals surface area contributed by atoms with Crippen LogP contribution in [0.3, 0.4) is 0 Å². The summed E-state index contributed by atoms with van der Waals surface area (Å²) in [5.74, 6) is 0.466. The highest BCUT2D eigenvalue weighted by atomic mass is 35.5. The van der Waals surface area contributed by atoms with E-state index in [-0.39, 0.29) is 11.2 Å². The van der Waals surface area contributed by atoms with Crippen molar-refractivity contribution in [3.05, 3.63) is 76.5 Å². The van der Waals surface area contributed by atoms with Gasteiger partial charge < -0.3 is 15.8 Å². The molecule has 0 saturated heterocycles. The molecule has 1 atom stereocenters. The van der Waals surface area contributed by atoms with Gasteiger partial charge >= 0.3 is 6.09 Å². The number of nitrogens with two attached hydrogens (primary N) is 1. The molecule has 8 heteroatoms. The predicted octanol–water partition coefficient (Wildman–Crippen LogP) is 4.11. The van der Waals surface area contributed by atoms with E-state index >= 15 is 0 Å². The van der Waals surface area contributed by atoms with Gasteiger partial charge in [0.1, 0.15) is 11.9 Å². The molecule has 0 radical (unpaired) electrons. The summed E-state index contributed by atoms with van der Waals surface area (Å²) in [5.41, 5.74) is 9.89. The second-order valence-corrected chi connectivity index (χ2v) is 7.84. The fourth-order valence-corrected chi connectivity index (χ4v) is 3.97. The number of carbonyl (C=O) groups is 1. The molecule has 1 aromatic carbocycles. The Kier molecular flexibility index (Phi) is 4.84. The van der Waals surface area contributed by atoms with Crippen LogP contribution in [0.2, 0.25) is 5.28 Å². The minimum atomic E-state index is -0.778. The third kappa shape index (κ3) is 3.86. The number of anilines is 1. The van der Waals surface area contributed by atoms with Crippen molar-refractivity contribution in [2.24, 2.45) is 11.7 Å². The van der Waals surface area contributed by atoms with E-state index in [1.54, 1.807) is 0 Å². The molecular weight excluding hydrogens is 390 g/mol. The molecule has 1 aromatic heterocycles. The Morgan fingerprint density at radius 1 is 1.24 bits per heavy atom. The molecule has 0 saturated carbocycles. The van der Waals surface area contributed by atoms with Crippen molar-refractivity contribution in [2.75, 3.05) is 5.32 Å². The van der Waals surface area contributed by atoms with E-state index < -0.39 is 11.7 Å². The number of aromatic nitrogens is 3. The first kappa shape index (κ1) is 19.1. The lowest BCUT2D eigenvalue weighted by Crippen LogP contribution is -2.39. The number of rotatable bonds is 6. The first-order chi connectivity index (χ1) is 13.8. The van der Waals surface area contributed by atoms with E-state index in [1.807, 2.05) is 32.0 Å². The Morgan fingerprint density at radius 3 is 2.69 bits per heavy atom. The normalized spacial score (nSPS) is 17.8. The van der Waals surface area contributed by atoms with E-state index in [4.69, 9.17) is 22.1 Å². The Bertz CT molecular complexity index is 1060. The van der Waals surface area contributed by atoms with Crippen molar-refractivity contribution in [3.63, 3.8) is 0 Å². The lowest BCUT2D eigenvalue weighted by Gasteiger charge is -2.43. The number of halogens is 1. The Labute approximate surface area is 173 Å². The van der Waals surface area contributed by atoms with Gasteiger partial charge in [-0.25, -0.2) is 14.8 Å². The second kappa shape index (κ2) is 7.33. The van der Waals surface area contributed by atoms with Crippen LogP contribution < -0.4 is 11.1 Å². The van der Waals surface area contributed by atoms with Gasteiger partial charge in [0.25, 0.3) is 0 Å². The third-order valence-electron chi connectivity index (χ3n) is 4.94. The minimum Gasteiger partial charge on any atom is -0.444 e. The molecule has 0 spiro atoms. The van der Waals surface area contributed by atoms with E-state index in [0.717, 1.165) is 28.0 Å². The maximum absolute atomic E-state index is 11.3. The molecule has 2 aliphatic rings. The molecule has 2 bridgehead atoms. The predicted molar refractivity (Wildman–Crippen MR) is 111 cm³/mol. The van der Waals surface area contributed by atoms with Crippen LogP contribution in [0.1, 0.15) is 25.8 Å². The van der Waals surface area contributed by atoms with Gasteiger partial charge in [0.15, 0.2) is 0 Å². The first-order valence-corrected chi connectivity index (χ1v) is 9.54. The van der Waals surface area contributed by atoms with E-state index in [2.05, 4.69) is 44.6 Å². The van der Waals surface area contributed by atoms with E-state index in [0.29, 0.717) is 12.4 Å². The summed E-state index contributed by atoms with van der Waals surface area (Å²) in [6.45, 7) is 3.72. The van der Waals surface area contributed by atoms with Crippen LogP contribution in [0.4, 0.5) is 10.7 Å². The Hall–Kier alpha value is -3.19. The monoisotopic (exact) mass is 409 g/mol. The molecular formula is C21H20ClN5O2. The number of fused-ring (bicyclic) bond motifs is 2. The molecule has 2 aromatic rings. The summed E-state index contributed by atoms with van der Waals surface area (Å²) < 4.78 is 5.32. The topological polar surface area (TPSA) is 103 Å². The molecule has 0 fully saturated rings. The van der Waals surface area contributed by atoms with Gasteiger partial charge in [-0.15, -0.1) is 0 Å². The maximum Gasteiger partial charge on any atom is 0.405 e. The van der Waals surface area contributed by atoms with Crippen molar-refractivity contribution >= 4 is 29.2 Å². The molecule has 1 amide bonds. The van der Waals surface area contributed by atoms with Gasteiger partial charge in [0.2, 0.25) is 11.2 Å². The molecule has 4 rings (SSSR count). The number of primary amides is 1. The van der Waals surface area contributed by atoms with Crippen molar-refractivity contribution < 1.29 is 9.53 Å². The number of carbonyl (C=O) groups excluding carboxylic acids is 1. The molecule has 29 heavy (non-hydrogen) atoms. The van der Waals surface area contributed by atoms with Crippen molar-refractivity contribution in [1.29, 1.82) is 0 Å². The zero-order valence-electron chi connectivity index (χ0n) is 16.0. The molecule has 3 N–H and O–H groups in total. The largest absolute Gasteiger partial charge is 0.444 e. The quantitative estimate of drug-likeness (QED) is 0.744. The van der Waals surface area contributed by atoms with Crippen LogP contribution in [-0.4, -0.2) is 26.6 Å². The number of allylic oxidation sites excluding steroid dienone is 5. The number of ether oxygens (including phenoxy) is 1. The van der Waals surface area contributed by atoms with Gasteiger partial charge in [0, 0.05) is 11.6 Å². The number of amides is 1. The van der Waals surface area contributed by atoms with Crippen LogP contribution in [0.25, 0.3) is 5.57 Å². The van der Waals surface area contributed by atoms with Crippen LogP contribution in [0, 0.1) is 5.92 Å². The molecule has 2 aliphatic carbocycles. The summed E-state index contributed by atoms with van der Waals surface area (Å²) in [5, 5.41) is 3.39. The summed E-state index contributed by atoms with van der Waals surface area (Å²) in [4.78, 5) is 23.4.